The van der Waals surface area contributed by atoms with E-state index in [1.54, 1.807) is 0 Å². The van der Waals surface area contributed by atoms with Gasteiger partial charge in [0.1, 0.15) is 5.75 Å². The third-order valence-corrected chi connectivity index (χ3v) is 4.49. The van der Waals surface area contributed by atoms with Crippen molar-refractivity contribution in [2.24, 2.45) is 0 Å². The lowest BCUT2D eigenvalue weighted by molar-refractivity contribution is -0.0366. The second-order valence-corrected chi connectivity index (χ2v) is 5.91. The number of ether oxygens (including phenoxy) is 2. The van der Waals surface area contributed by atoms with E-state index < -0.39 is 0 Å². The predicted molar refractivity (Wildman–Crippen MR) is 90.3 cm³/mol. The van der Waals surface area contributed by atoms with Crippen LogP contribution in [0.4, 0.5) is 0 Å². The maximum absolute atomic E-state index is 7.00. The normalized spacial score (nSPS) is 18.0. The third-order valence-electron chi connectivity index (χ3n) is 3.70. The van der Waals surface area contributed by atoms with Crippen LogP contribution in [0.1, 0.15) is 38.0 Å². The molecule has 2 heterocycles. The Hall–Kier alpha value is -1.11. The molecule has 0 amide bonds. The molecule has 0 saturated carbocycles. The first-order valence-electron chi connectivity index (χ1n) is 7.57. The van der Waals surface area contributed by atoms with E-state index >= 15 is 0 Å². The smallest absolute Gasteiger partial charge is 0.150 e. The molecule has 0 radical (unpaired) electrons. The van der Waals surface area contributed by atoms with E-state index in [1.165, 1.54) is 6.42 Å². The highest BCUT2D eigenvalue weighted by Crippen LogP contribution is 2.38. The summed E-state index contributed by atoms with van der Waals surface area (Å²) in [6, 6.07) is 2.13. The SMILES string of the molecule is CCOc1c(C)cc2c(cnn2C2CCCCO2)c1Br.CO. The maximum atomic E-state index is 7.00. The first kappa shape index (κ1) is 17.2. The van der Waals surface area contributed by atoms with Crippen molar-refractivity contribution in [2.45, 2.75) is 39.3 Å². The summed E-state index contributed by atoms with van der Waals surface area (Å²) in [4.78, 5) is 0. The van der Waals surface area contributed by atoms with Crippen LogP contribution >= 0.6 is 15.9 Å². The number of hydrogen-bond acceptors (Lipinski definition) is 4. The van der Waals surface area contributed by atoms with E-state index in [0.29, 0.717) is 6.61 Å². The minimum Gasteiger partial charge on any atom is -0.492 e. The molecule has 0 aliphatic carbocycles. The molecule has 1 fully saturated rings. The molecule has 22 heavy (non-hydrogen) atoms. The van der Waals surface area contributed by atoms with Crippen molar-refractivity contribution in [1.82, 2.24) is 9.78 Å². The zero-order valence-corrected chi connectivity index (χ0v) is 14.9. The van der Waals surface area contributed by atoms with Gasteiger partial charge in [-0.25, -0.2) is 4.68 Å². The van der Waals surface area contributed by atoms with E-state index in [9.17, 15) is 0 Å². The van der Waals surface area contributed by atoms with Crippen LogP contribution in [-0.2, 0) is 4.74 Å². The predicted octanol–water partition coefficient (Wildman–Crippen LogP) is 3.81. The zero-order valence-electron chi connectivity index (χ0n) is 13.3. The van der Waals surface area contributed by atoms with E-state index in [1.807, 2.05) is 17.8 Å². The Morgan fingerprint density at radius 1 is 1.45 bits per heavy atom. The number of benzene rings is 1. The van der Waals surface area contributed by atoms with Crippen LogP contribution in [0.2, 0.25) is 0 Å². The lowest BCUT2D eigenvalue weighted by Crippen LogP contribution is -2.19. The molecule has 3 rings (SSSR count). The molecule has 1 aromatic carbocycles. The second kappa shape index (κ2) is 7.94. The van der Waals surface area contributed by atoms with Gasteiger partial charge in [-0.15, -0.1) is 0 Å². The molecule has 0 bridgehead atoms. The third kappa shape index (κ3) is 3.29. The molecule has 1 saturated heterocycles. The first-order chi connectivity index (χ1) is 10.7. The van der Waals surface area contributed by atoms with E-state index in [0.717, 1.165) is 53.2 Å². The van der Waals surface area contributed by atoms with E-state index in [-0.39, 0.29) is 6.23 Å². The van der Waals surface area contributed by atoms with Gasteiger partial charge in [0.05, 0.1) is 22.8 Å². The number of nitrogens with zero attached hydrogens (tertiary/aromatic N) is 2. The number of aromatic nitrogens is 2. The van der Waals surface area contributed by atoms with Crippen LogP contribution < -0.4 is 4.74 Å². The second-order valence-electron chi connectivity index (χ2n) is 5.11. The molecule has 1 unspecified atom stereocenters. The summed E-state index contributed by atoms with van der Waals surface area (Å²) in [5, 5.41) is 12.6. The molecule has 2 aromatic rings. The molecule has 1 aliphatic heterocycles. The van der Waals surface area contributed by atoms with Crippen LogP contribution in [0.5, 0.6) is 5.75 Å². The fourth-order valence-corrected chi connectivity index (χ4v) is 3.45. The van der Waals surface area contributed by atoms with Crippen LogP contribution in [0.25, 0.3) is 10.9 Å². The molecule has 122 valence electrons. The summed E-state index contributed by atoms with van der Waals surface area (Å²) >= 11 is 3.65. The summed E-state index contributed by atoms with van der Waals surface area (Å²) in [5.74, 6) is 0.907. The monoisotopic (exact) mass is 370 g/mol. The summed E-state index contributed by atoms with van der Waals surface area (Å²) in [6.07, 6.45) is 5.32. The number of aliphatic hydroxyl groups excluding tert-OH is 1. The van der Waals surface area contributed by atoms with Crippen LogP contribution in [0.15, 0.2) is 16.7 Å². The van der Waals surface area contributed by atoms with Gasteiger partial charge >= 0.3 is 0 Å². The van der Waals surface area contributed by atoms with Crippen LogP contribution in [-0.4, -0.2) is 35.2 Å². The summed E-state index contributed by atoms with van der Waals surface area (Å²) < 4.78 is 14.5. The topological polar surface area (TPSA) is 56.5 Å². The minimum atomic E-state index is 0.0606. The molecule has 6 heteroatoms. The van der Waals surface area contributed by atoms with Gasteiger partial charge in [-0.1, -0.05) is 0 Å². The fourth-order valence-electron chi connectivity index (χ4n) is 2.72. The van der Waals surface area contributed by atoms with Gasteiger partial charge < -0.3 is 14.6 Å². The van der Waals surface area contributed by atoms with Crippen molar-refractivity contribution in [1.29, 1.82) is 0 Å². The van der Waals surface area contributed by atoms with Crippen molar-refractivity contribution >= 4 is 26.8 Å². The van der Waals surface area contributed by atoms with Crippen molar-refractivity contribution in [3.05, 3.63) is 22.3 Å². The average molecular weight is 371 g/mol. The van der Waals surface area contributed by atoms with Gasteiger partial charge in [0.2, 0.25) is 0 Å². The Labute approximate surface area is 139 Å². The standard InChI is InChI=1S/C15H19BrN2O2.CH4O/c1-3-19-15-10(2)8-12-11(14(15)16)9-17-18(12)13-6-4-5-7-20-13;1-2/h8-9,13H,3-7H2,1-2H3;2H,1H3. The zero-order chi connectivity index (χ0) is 16.1. The Bertz CT molecular complexity index is 621. The molecule has 1 atom stereocenters. The summed E-state index contributed by atoms with van der Waals surface area (Å²) in [6.45, 7) is 5.54. The average Bonchev–Trinajstić information content (AvgIpc) is 2.98. The van der Waals surface area contributed by atoms with Crippen molar-refractivity contribution in [2.75, 3.05) is 20.3 Å². The minimum absolute atomic E-state index is 0.0606. The summed E-state index contributed by atoms with van der Waals surface area (Å²) in [5.41, 5.74) is 2.22. The van der Waals surface area contributed by atoms with E-state index in [2.05, 4.69) is 34.0 Å². The number of aryl methyl sites for hydroxylation is 1. The molecular formula is C16H23BrN2O3. The lowest BCUT2D eigenvalue weighted by Gasteiger charge is -2.23. The number of aliphatic hydroxyl groups is 1. The number of hydrogen-bond donors (Lipinski definition) is 1. The molecule has 0 spiro atoms. The maximum Gasteiger partial charge on any atom is 0.150 e. The van der Waals surface area contributed by atoms with Gasteiger partial charge in [0, 0.05) is 19.1 Å². The van der Waals surface area contributed by atoms with Crippen LogP contribution in [0.3, 0.4) is 0 Å². The lowest BCUT2D eigenvalue weighted by atomic mass is 10.1. The number of halogens is 1. The Kier molecular flexibility index (Phi) is 6.23. The quantitative estimate of drug-likeness (QED) is 0.892. The van der Waals surface area contributed by atoms with Crippen molar-refractivity contribution < 1.29 is 14.6 Å². The molecule has 1 N–H and O–H groups in total. The first-order valence-corrected chi connectivity index (χ1v) is 8.37. The van der Waals surface area contributed by atoms with Gasteiger partial charge in [0.25, 0.3) is 0 Å². The molecule has 1 aromatic heterocycles. The van der Waals surface area contributed by atoms with Crippen molar-refractivity contribution in [3.8, 4) is 5.75 Å². The summed E-state index contributed by atoms with van der Waals surface area (Å²) in [7, 11) is 1.00. The van der Waals surface area contributed by atoms with Gasteiger partial charge in [-0.3, -0.25) is 0 Å². The van der Waals surface area contributed by atoms with E-state index in [4.69, 9.17) is 14.6 Å². The molecular weight excluding hydrogens is 348 g/mol. The highest BCUT2D eigenvalue weighted by molar-refractivity contribution is 9.10. The molecule has 1 aliphatic rings. The number of rotatable bonds is 3. The largest absolute Gasteiger partial charge is 0.492 e. The Balaban J connectivity index is 0.000000847. The highest BCUT2D eigenvalue weighted by atomic mass is 79.9. The Morgan fingerprint density at radius 2 is 2.23 bits per heavy atom. The van der Waals surface area contributed by atoms with Crippen LogP contribution in [0, 0.1) is 6.92 Å². The molecule has 5 nitrogen and oxygen atoms in total. The fraction of sp³-hybridized carbons (Fsp3) is 0.562. The van der Waals surface area contributed by atoms with Crippen molar-refractivity contribution in [3.63, 3.8) is 0 Å². The van der Waals surface area contributed by atoms with Gasteiger partial charge in [-0.05, 0) is 60.7 Å². The number of fused-ring (bicyclic) bond motifs is 1. The highest BCUT2D eigenvalue weighted by Gasteiger charge is 2.21. The van der Waals surface area contributed by atoms with Gasteiger partial charge in [0.15, 0.2) is 6.23 Å². The van der Waals surface area contributed by atoms with Gasteiger partial charge in [-0.2, -0.15) is 5.10 Å². The Morgan fingerprint density at radius 3 is 2.86 bits per heavy atom.